The first-order valence-electron chi connectivity index (χ1n) is 4.73. The van der Waals surface area contributed by atoms with E-state index in [0.29, 0.717) is 0 Å². The van der Waals surface area contributed by atoms with Crippen LogP contribution in [0.1, 0.15) is 0 Å². The smallest absolute Gasteiger partial charge is 0.0315 e. The summed E-state index contributed by atoms with van der Waals surface area (Å²) in [5, 5.41) is 4.31. The van der Waals surface area contributed by atoms with Gasteiger partial charge in [-0.1, -0.05) is 24.3 Å². The first kappa shape index (κ1) is 12.9. The van der Waals surface area contributed by atoms with Gasteiger partial charge in [0, 0.05) is 26.2 Å². The number of hydrazine groups is 1. The quantitative estimate of drug-likeness (QED) is 0.408. The van der Waals surface area contributed by atoms with Crippen molar-refractivity contribution in [1.82, 2.24) is 10.0 Å². The minimum Gasteiger partial charge on any atom is -0.234 e. The lowest BCUT2D eigenvalue weighted by molar-refractivity contribution is 0.0192. The van der Waals surface area contributed by atoms with Crippen LogP contribution >= 0.6 is 0 Å². The summed E-state index contributed by atoms with van der Waals surface area (Å²) in [5.74, 6) is 0. The van der Waals surface area contributed by atoms with E-state index in [2.05, 4.69) is 36.3 Å². The second-order valence-corrected chi connectivity index (χ2v) is 2.90. The molecule has 0 heterocycles. The molecule has 2 nitrogen and oxygen atoms in total. The Morgan fingerprint density at radius 3 is 0.929 bits per heavy atom. The molecule has 0 aliphatic carbocycles. The van der Waals surface area contributed by atoms with Crippen LogP contribution in [0.25, 0.3) is 0 Å². The number of rotatable bonds is 9. The van der Waals surface area contributed by atoms with E-state index in [-0.39, 0.29) is 0 Å². The molecule has 0 atom stereocenters. The number of nitrogens with zero attached hydrogens (tertiary/aromatic N) is 2. The molecule has 0 bridgehead atoms. The third-order valence-electron chi connectivity index (χ3n) is 1.76. The second kappa shape index (κ2) is 8.48. The molecule has 0 radical (unpaired) electrons. The maximum atomic E-state index is 3.73. The van der Waals surface area contributed by atoms with E-state index in [1.807, 2.05) is 24.3 Å². The van der Waals surface area contributed by atoms with E-state index in [9.17, 15) is 0 Å². The zero-order chi connectivity index (χ0) is 10.8. The predicted octanol–water partition coefficient (Wildman–Crippen LogP) is 2.25. The molecule has 0 aromatic rings. The second-order valence-electron chi connectivity index (χ2n) is 2.90. The van der Waals surface area contributed by atoms with Crippen molar-refractivity contribution >= 4 is 0 Å². The predicted molar refractivity (Wildman–Crippen MR) is 63.9 cm³/mol. The molecule has 0 aliphatic heterocycles. The van der Waals surface area contributed by atoms with Crippen LogP contribution in [0.15, 0.2) is 50.6 Å². The summed E-state index contributed by atoms with van der Waals surface area (Å²) >= 11 is 0. The van der Waals surface area contributed by atoms with Crippen LogP contribution in [0.5, 0.6) is 0 Å². The average molecular weight is 192 g/mol. The van der Waals surface area contributed by atoms with E-state index in [1.54, 1.807) is 0 Å². The van der Waals surface area contributed by atoms with Crippen LogP contribution in [0.2, 0.25) is 0 Å². The van der Waals surface area contributed by atoms with Crippen LogP contribution < -0.4 is 0 Å². The third kappa shape index (κ3) is 4.80. The Bertz CT molecular complexity index is 154. The SMILES string of the molecule is C=CCN(CC=C)N(CC=C)CC=C. The van der Waals surface area contributed by atoms with Crippen molar-refractivity contribution in [3.8, 4) is 0 Å². The maximum absolute atomic E-state index is 3.73. The maximum Gasteiger partial charge on any atom is 0.0315 e. The van der Waals surface area contributed by atoms with Crippen LogP contribution in [-0.2, 0) is 0 Å². The van der Waals surface area contributed by atoms with Crippen LogP contribution in [0, 0.1) is 0 Å². The van der Waals surface area contributed by atoms with Gasteiger partial charge in [-0.15, -0.1) is 26.3 Å². The minimum atomic E-state index is 0.813. The molecule has 0 amide bonds. The van der Waals surface area contributed by atoms with Crippen molar-refractivity contribution in [3.63, 3.8) is 0 Å². The third-order valence-corrected chi connectivity index (χ3v) is 1.76. The van der Waals surface area contributed by atoms with Crippen molar-refractivity contribution in [1.29, 1.82) is 0 Å². The molecule has 0 aliphatic rings. The van der Waals surface area contributed by atoms with Crippen LogP contribution in [-0.4, -0.2) is 36.2 Å². The zero-order valence-corrected chi connectivity index (χ0v) is 8.86. The summed E-state index contributed by atoms with van der Waals surface area (Å²) in [7, 11) is 0. The van der Waals surface area contributed by atoms with Crippen LogP contribution in [0.3, 0.4) is 0 Å². The highest BCUT2D eigenvalue weighted by molar-refractivity contribution is 4.84. The van der Waals surface area contributed by atoms with E-state index < -0.39 is 0 Å². The highest BCUT2D eigenvalue weighted by atomic mass is 15.6. The zero-order valence-electron chi connectivity index (χ0n) is 8.86. The van der Waals surface area contributed by atoms with Gasteiger partial charge in [-0.25, -0.2) is 10.0 Å². The Balaban J connectivity index is 4.32. The van der Waals surface area contributed by atoms with Crippen LogP contribution in [0.4, 0.5) is 0 Å². The van der Waals surface area contributed by atoms with E-state index >= 15 is 0 Å². The van der Waals surface area contributed by atoms with Gasteiger partial charge in [0.25, 0.3) is 0 Å². The Morgan fingerprint density at radius 1 is 0.571 bits per heavy atom. The molecule has 0 saturated carbocycles. The van der Waals surface area contributed by atoms with Gasteiger partial charge in [0.2, 0.25) is 0 Å². The largest absolute Gasteiger partial charge is 0.234 e. The van der Waals surface area contributed by atoms with E-state index in [0.717, 1.165) is 26.2 Å². The Labute approximate surface area is 87.5 Å². The number of hydrogen-bond donors (Lipinski definition) is 0. The number of hydrogen-bond acceptors (Lipinski definition) is 2. The first-order valence-corrected chi connectivity index (χ1v) is 4.73. The Kier molecular flexibility index (Phi) is 7.80. The van der Waals surface area contributed by atoms with Gasteiger partial charge in [-0.2, -0.15) is 0 Å². The summed E-state index contributed by atoms with van der Waals surface area (Å²) in [6.07, 6.45) is 7.51. The lowest BCUT2D eigenvalue weighted by Gasteiger charge is -2.31. The lowest BCUT2D eigenvalue weighted by atomic mass is 10.4. The van der Waals surface area contributed by atoms with Gasteiger partial charge < -0.3 is 0 Å². The Morgan fingerprint density at radius 2 is 0.786 bits per heavy atom. The summed E-state index contributed by atoms with van der Waals surface area (Å²) in [5.41, 5.74) is 0. The van der Waals surface area contributed by atoms with Crippen molar-refractivity contribution in [2.24, 2.45) is 0 Å². The fourth-order valence-electron chi connectivity index (χ4n) is 1.21. The standard InChI is InChI=1S/C12H20N2/c1-5-9-13(10-6-2)14(11-7-3)12-8-4/h5-8H,1-4,9-12H2. The molecule has 0 aromatic heterocycles. The van der Waals surface area contributed by atoms with Gasteiger partial charge in [-0.05, 0) is 0 Å². The first-order chi connectivity index (χ1) is 6.79. The fraction of sp³-hybridized carbons (Fsp3) is 0.333. The average Bonchev–Trinajstić information content (AvgIpc) is 2.17. The molecule has 78 valence electrons. The van der Waals surface area contributed by atoms with Gasteiger partial charge in [0.05, 0.1) is 0 Å². The highest BCUT2D eigenvalue weighted by Gasteiger charge is 2.08. The normalized spacial score (nSPS) is 10.1. The summed E-state index contributed by atoms with van der Waals surface area (Å²) < 4.78 is 0. The summed E-state index contributed by atoms with van der Waals surface area (Å²) in [6, 6.07) is 0. The Hall–Kier alpha value is -1.12. The van der Waals surface area contributed by atoms with Gasteiger partial charge in [0.15, 0.2) is 0 Å². The summed E-state index contributed by atoms with van der Waals surface area (Å²) in [6.45, 7) is 18.2. The van der Waals surface area contributed by atoms with Gasteiger partial charge >= 0.3 is 0 Å². The molecular weight excluding hydrogens is 172 g/mol. The molecule has 0 spiro atoms. The molecule has 14 heavy (non-hydrogen) atoms. The summed E-state index contributed by atoms with van der Waals surface area (Å²) in [4.78, 5) is 0. The van der Waals surface area contributed by atoms with E-state index in [4.69, 9.17) is 0 Å². The molecule has 0 unspecified atom stereocenters. The van der Waals surface area contributed by atoms with E-state index in [1.165, 1.54) is 0 Å². The molecule has 0 saturated heterocycles. The van der Waals surface area contributed by atoms with Crippen molar-refractivity contribution < 1.29 is 0 Å². The van der Waals surface area contributed by atoms with Crippen molar-refractivity contribution in [2.75, 3.05) is 26.2 Å². The lowest BCUT2D eigenvalue weighted by Crippen LogP contribution is -2.43. The topological polar surface area (TPSA) is 6.48 Å². The monoisotopic (exact) mass is 192 g/mol. The molecule has 0 rings (SSSR count). The molecule has 0 aromatic carbocycles. The van der Waals surface area contributed by atoms with Gasteiger partial charge in [0.1, 0.15) is 0 Å². The minimum absolute atomic E-state index is 0.813. The highest BCUT2D eigenvalue weighted by Crippen LogP contribution is 1.99. The molecular formula is C12H20N2. The molecule has 0 N–H and O–H groups in total. The molecule has 2 heteroatoms. The molecule has 0 fully saturated rings. The van der Waals surface area contributed by atoms with Crippen molar-refractivity contribution in [3.05, 3.63) is 50.6 Å². The van der Waals surface area contributed by atoms with Crippen molar-refractivity contribution in [2.45, 2.75) is 0 Å². The fourth-order valence-corrected chi connectivity index (χ4v) is 1.21. The van der Waals surface area contributed by atoms with Gasteiger partial charge in [-0.3, -0.25) is 0 Å².